The minimum Gasteiger partial charge on any atom is -0.352 e. The Morgan fingerprint density at radius 2 is 1.48 bits per heavy atom. The number of carbonyl (C=O) groups excluding carboxylic acids is 2. The standard InChI is InChI=1S/C17H18N2O2/c1-2-12-18-16(20)14-8-10-15(11-9-14)19-17(21)13-6-4-3-5-7-13/h3-11H,2,12H2,1H3,(H,18,20)(H,19,21). The minimum atomic E-state index is -0.168. The van der Waals surface area contributed by atoms with Crippen molar-refractivity contribution in [1.82, 2.24) is 5.32 Å². The van der Waals surface area contributed by atoms with Crippen molar-refractivity contribution in [2.75, 3.05) is 11.9 Å². The summed E-state index contributed by atoms with van der Waals surface area (Å²) in [6.45, 7) is 2.66. The van der Waals surface area contributed by atoms with E-state index < -0.39 is 0 Å². The first-order chi connectivity index (χ1) is 10.2. The number of hydrogen-bond donors (Lipinski definition) is 2. The molecule has 0 aromatic heterocycles. The molecule has 0 atom stereocenters. The normalized spacial score (nSPS) is 9.95. The maximum Gasteiger partial charge on any atom is 0.255 e. The van der Waals surface area contributed by atoms with Crippen LogP contribution in [-0.4, -0.2) is 18.4 Å². The van der Waals surface area contributed by atoms with Crippen molar-refractivity contribution < 1.29 is 9.59 Å². The second kappa shape index (κ2) is 7.24. The predicted molar refractivity (Wildman–Crippen MR) is 83.5 cm³/mol. The molecule has 2 N–H and O–H groups in total. The second-order valence-corrected chi connectivity index (χ2v) is 4.65. The van der Waals surface area contributed by atoms with Gasteiger partial charge in [-0.05, 0) is 42.8 Å². The first-order valence-corrected chi connectivity index (χ1v) is 6.95. The molecule has 4 nitrogen and oxygen atoms in total. The smallest absolute Gasteiger partial charge is 0.255 e. The van der Waals surface area contributed by atoms with Gasteiger partial charge in [0.2, 0.25) is 0 Å². The lowest BCUT2D eigenvalue weighted by molar-refractivity contribution is 0.0953. The lowest BCUT2D eigenvalue weighted by Crippen LogP contribution is -2.23. The van der Waals surface area contributed by atoms with Gasteiger partial charge < -0.3 is 10.6 Å². The number of nitrogens with one attached hydrogen (secondary N) is 2. The molecule has 0 heterocycles. The quantitative estimate of drug-likeness (QED) is 0.885. The highest BCUT2D eigenvalue weighted by Gasteiger charge is 2.07. The van der Waals surface area contributed by atoms with Crippen molar-refractivity contribution in [3.8, 4) is 0 Å². The highest BCUT2D eigenvalue weighted by atomic mass is 16.2. The predicted octanol–water partition coefficient (Wildman–Crippen LogP) is 3.08. The fourth-order valence-electron chi connectivity index (χ4n) is 1.84. The van der Waals surface area contributed by atoms with E-state index in [0.717, 1.165) is 6.42 Å². The summed E-state index contributed by atoms with van der Waals surface area (Å²) in [5.41, 5.74) is 1.85. The van der Waals surface area contributed by atoms with Crippen LogP contribution in [0.1, 0.15) is 34.1 Å². The lowest BCUT2D eigenvalue weighted by atomic mass is 10.1. The lowest BCUT2D eigenvalue weighted by Gasteiger charge is -2.07. The van der Waals surface area contributed by atoms with Crippen LogP contribution in [0, 0.1) is 0 Å². The van der Waals surface area contributed by atoms with Gasteiger partial charge in [0.05, 0.1) is 0 Å². The molecule has 0 saturated heterocycles. The molecule has 2 aromatic carbocycles. The Balaban J connectivity index is 1.99. The van der Waals surface area contributed by atoms with Crippen molar-refractivity contribution >= 4 is 17.5 Å². The molecule has 0 aliphatic rings. The Bertz CT molecular complexity index is 606. The summed E-state index contributed by atoms with van der Waals surface area (Å²) in [6, 6.07) is 15.8. The van der Waals surface area contributed by atoms with Crippen LogP contribution in [0.2, 0.25) is 0 Å². The third-order valence-corrected chi connectivity index (χ3v) is 2.98. The molecule has 0 bridgehead atoms. The van der Waals surface area contributed by atoms with Crippen LogP contribution in [0.4, 0.5) is 5.69 Å². The zero-order valence-corrected chi connectivity index (χ0v) is 11.9. The number of anilines is 1. The van der Waals surface area contributed by atoms with Crippen LogP contribution < -0.4 is 10.6 Å². The van der Waals surface area contributed by atoms with Gasteiger partial charge >= 0.3 is 0 Å². The highest BCUT2D eigenvalue weighted by molar-refractivity contribution is 6.04. The molecule has 0 spiro atoms. The van der Waals surface area contributed by atoms with Crippen molar-refractivity contribution in [1.29, 1.82) is 0 Å². The molecule has 2 amide bonds. The SMILES string of the molecule is CCCNC(=O)c1ccc(NC(=O)c2ccccc2)cc1. The average Bonchev–Trinajstić information content (AvgIpc) is 2.54. The van der Waals surface area contributed by atoms with Crippen molar-refractivity contribution in [2.45, 2.75) is 13.3 Å². The molecule has 0 radical (unpaired) electrons. The summed E-state index contributed by atoms with van der Waals surface area (Å²) >= 11 is 0. The van der Waals surface area contributed by atoms with Crippen LogP contribution in [0.3, 0.4) is 0 Å². The third kappa shape index (κ3) is 4.18. The number of benzene rings is 2. The summed E-state index contributed by atoms with van der Waals surface area (Å²) < 4.78 is 0. The van der Waals surface area contributed by atoms with E-state index in [0.29, 0.717) is 23.4 Å². The van der Waals surface area contributed by atoms with Gasteiger partial charge in [-0.2, -0.15) is 0 Å². The minimum absolute atomic E-state index is 0.0993. The van der Waals surface area contributed by atoms with E-state index in [1.165, 1.54) is 0 Å². The van der Waals surface area contributed by atoms with Gasteiger partial charge in [0.1, 0.15) is 0 Å². The zero-order valence-electron chi connectivity index (χ0n) is 11.9. The molecule has 0 saturated carbocycles. The van der Waals surface area contributed by atoms with E-state index in [9.17, 15) is 9.59 Å². The molecule has 4 heteroatoms. The van der Waals surface area contributed by atoms with Crippen LogP contribution in [0.25, 0.3) is 0 Å². The molecular weight excluding hydrogens is 264 g/mol. The second-order valence-electron chi connectivity index (χ2n) is 4.65. The van der Waals surface area contributed by atoms with E-state index in [4.69, 9.17) is 0 Å². The van der Waals surface area contributed by atoms with Crippen LogP contribution >= 0.6 is 0 Å². The van der Waals surface area contributed by atoms with Crippen molar-refractivity contribution in [3.05, 3.63) is 65.7 Å². The molecule has 0 unspecified atom stereocenters. The van der Waals surface area contributed by atoms with Gasteiger partial charge in [0.15, 0.2) is 0 Å². The van der Waals surface area contributed by atoms with E-state index in [1.54, 1.807) is 36.4 Å². The van der Waals surface area contributed by atoms with Gasteiger partial charge in [-0.1, -0.05) is 25.1 Å². The molecule has 21 heavy (non-hydrogen) atoms. The van der Waals surface area contributed by atoms with Gasteiger partial charge in [-0.15, -0.1) is 0 Å². The maximum absolute atomic E-state index is 12.0. The number of carbonyl (C=O) groups is 2. The Labute approximate surface area is 124 Å². The van der Waals surface area contributed by atoms with E-state index >= 15 is 0 Å². The molecule has 2 rings (SSSR count). The molecule has 0 aliphatic carbocycles. The van der Waals surface area contributed by atoms with Crippen molar-refractivity contribution in [2.24, 2.45) is 0 Å². The zero-order chi connectivity index (χ0) is 15.1. The Hall–Kier alpha value is -2.62. The fourth-order valence-corrected chi connectivity index (χ4v) is 1.84. The number of rotatable bonds is 5. The van der Waals surface area contributed by atoms with Gasteiger partial charge in [-0.25, -0.2) is 0 Å². The highest BCUT2D eigenvalue weighted by Crippen LogP contribution is 2.11. The Morgan fingerprint density at radius 1 is 0.857 bits per heavy atom. The molecule has 2 aromatic rings. The van der Waals surface area contributed by atoms with Crippen LogP contribution in [-0.2, 0) is 0 Å². The van der Waals surface area contributed by atoms with Gasteiger partial charge in [-0.3, -0.25) is 9.59 Å². The molecular formula is C17H18N2O2. The topological polar surface area (TPSA) is 58.2 Å². The summed E-state index contributed by atoms with van der Waals surface area (Å²) in [6.07, 6.45) is 0.900. The van der Waals surface area contributed by atoms with Gasteiger partial charge in [0, 0.05) is 23.4 Å². The van der Waals surface area contributed by atoms with Crippen LogP contribution in [0.15, 0.2) is 54.6 Å². The van der Waals surface area contributed by atoms with E-state index in [1.807, 2.05) is 25.1 Å². The summed E-state index contributed by atoms with van der Waals surface area (Å²) in [7, 11) is 0. The Morgan fingerprint density at radius 3 is 2.10 bits per heavy atom. The molecule has 0 aliphatic heterocycles. The number of amides is 2. The first-order valence-electron chi connectivity index (χ1n) is 6.95. The van der Waals surface area contributed by atoms with E-state index in [-0.39, 0.29) is 11.8 Å². The maximum atomic E-state index is 12.0. The fraction of sp³-hybridized carbons (Fsp3) is 0.176. The average molecular weight is 282 g/mol. The summed E-state index contributed by atoms with van der Waals surface area (Å²) in [4.78, 5) is 23.7. The monoisotopic (exact) mass is 282 g/mol. The Kier molecular flexibility index (Phi) is 5.10. The van der Waals surface area contributed by atoms with E-state index in [2.05, 4.69) is 10.6 Å². The van der Waals surface area contributed by atoms with Gasteiger partial charge in [0.25, 0.3) is 11.8 Å². The first kappa shape index (κ1) is 14.8. The molecule has 108 valence electrons. The number of hydrogen-bond acceptors (Lipinski definition) is 2. The van der Waals surface area contributed by atoms with Crippen molar-refractivity contribution in [3.63, 3.8) is 0 Å². The third-order valence-electron chi connectivity index (χ3n) is 2.98. The summed E-state index contributed by atoms with van der Waals surface area (Å²) in [5.74, 6) is -0.267. The summed E-state index contributed by atoms with van der Waals surface area (Å²) in [5, 5.41) is 5.61. The molecule has 0 fully saturated rings. The van der Waals surface area contributed by atoms with Crippen LogP contribution in [0.5, 0.6) is 0 Å². The largest absolute Gasteiger partial charge is 0.352 e.